The van der Waals surface area contributed by atoms with Crippen LogP contribution in [-0.4, -0.2) is 49.2 Å². The van der Waals surface area contributed by atoms with Crippen molar-refractivity contribution in [2.75, 3.05) is 32.1 Å². The van der Waals surface area contributed by atoms with Crippen LogP contribution in [0.4, 0.5) is 5.82 Å². The molecule has 2 heterocycles. The van der Waals surface area contributed by atoms with E-state index in [1.165, 1.54) is 36.2 Å². The van der Waals surface area contributed by atoms with Gasteiger partial charge in [0.2, 0.25) is 0 Å². The molecule has 1 N–H and O–H groups in total. The number of hydrogen-bond donors (Lipinski definition) is 1. The summed E-state index contributed by atoms with van der Waals surface area (Å²) in [7, 11) is 4.34. The van der Waals surface area contributed by atoms with Gasteiger partial charge >= 0.3 is 0 Å². The Kier molecular flexibility index (Phi) is 3.94. The van der Waals surface area contributed by atoms with Crippen molar-refractivity contribution in [2.24, 2.45) is 0 Å². The molecule has 0 amide bonds. The Morgan fingerprint density at radius 1 is 1.35 bits per heavy atom. The Hall–Kier alpha value is -1.13. The van der Waals surface area contributed by atoms with Crippen LogP contribution in [0.5, 0.6) is 0 Å². The topological polar surface area (TPSA) is 31.4 Å². The maximum Gasteiger partial charge on any atom is 0.131 e. The second-order valence-corrected chi connectivity index (χ2v) is 6.49. The molecule has 3 rings (SSSR count). The van der Waals surface area contributed by atoms with Crippen molar-refractivity contribution in [2.45, 2.75) is 44.8 Å². The van der Waals surface area contributed by atoms with Gasteiger partial charge < -0.3 is 15.1 Å². The third kappa shape index (κ3) is 3.13. The minimum absolute atomic E-state index is 0.660. The van der Waals surface area contributed by atoms with Crippen molar-refractivity contribution in [3.05, 3.63) is 23.4 Å². The molecule has 1 aromatic rings. The average molecular weight is 274 g/mol. The van der Waals surface area contributed by atoms with E-state index in [1.807, 2.05) is 6.20 Å². The molecule has 1 atom stereocenters. The molecule has 4 nitrogen and oxygen atoms in total. The Bertz CT molecular complexity index is 468. The molecule has 1 aliphatic carbocycles. The molecule has 20 heavy (non-hydrogen) atoms. The standard InChI is InChI=1S/C16H26N4/c1-12-8-13(9-17-14-4-5-14)10-18-16(12)20-7-6-15(11-20)19(2)3/h8,10,14-15,17H,4-7,9,11H2,1-3H3. The van der Waals surface area contributed by atoms with E-state index >= 15 is 0 Å². The first-order valence-electron chi connectivity index (χ1n) is 7.74. The number of nitrogens with one attached hydrogen (secondary N) is 1. The van der Waals surface area contributed by atoms with Crippen molar-refractivity contribution in [3.8, 4) is 0 Å². The summed E-state index contributed by atoms with van der Waals surface area (Å²) in [6, 6.07) is 3.71. The van der Waals surface area contributed by atoms with Crippen molar-refractivity contribution in [1.29, 1.82) is 0 Å². The van der Waals surface area contributed by atoms with Gasteiger partial charge in [-0.05, 0) is 57.5 Å². The predicted octanol–water partition coefficient (Wildman–Crippen LogP) is 1.78. The number of hydrogen-bond acceptors (Lipinski definition) is 4. The number of anilines is 1. The largest absolute Gasteiger partial charge is 0.355 e. The van der Waals surface area contributed by atoms with Gasteiger partial charge in [0.25, 0.3) is 0 Å². The highest BCUT2D eigenvalue weighted by Gasteiger charge is 2.26. The van der Waals surface area contributed by atoms with Gasteiger partial charge in [0.15, 0.2) is 0 Å². The summed E-state index contributed by atoms with van der Waals surface area (Å²) in [6.45, 7) is 5.36. The lowest BCUT2D eigenvalue weighted by atomic mass is 10.2. The SMILES string of the molecule is Cc1cc(CNC2CC2)cnc1N1CCC(N(C)C)C1. The first-order valence-corrected chi connectivity index (χ1v) is 7.74. The minimum Gasteiger partial charge on any atom is -0.355 e. The Morgan fingerprint density at radius 3 is 2.75 bits per heavy atom. The summed E-state index contributed by atoms with van der Waals surface area (Å²) < 4.78 is 0. The molecular formula is C16H26N4. The third-order valence-corrected chi connectivity index (χ3v) is 4.47. The molecule has 1 saturated heterocycles. The lowest BCUT2D eigenvalue weighted by molar-refractivity contribution is 0.315. The van der Waals surface area contributed by atoms with Gasteiger partial charge in [0.05, 0.1) is 0 Å². The van der Waals surface area contributed by atoms with E-state index in [4.69, 9.17) is 4.98 Å². The molecule has 0 aromatic carbocycles. The molecule has 1 saturated carbocycles. The van der Waals surface area contributed by atoms with E-state index in [-0.39, 0.29) is 0 Å². The average Bonchev–Trinajstić information content (AvgIpc) is 3.11. The molecule has 4 heteroatoms. The van der Waals surface area contributed by atoms with Crippen LogP contribution in [-0.2, 0) is 6.54 Å². The minimum atomic E-state index is 0.660. The van der Waals surface area contributed by atoms with Gasteiger partial charge in [-0.1, -0.05) is 0 Å². The van der Waals surface area contributed by atoms with Gasteiger partial charge in [-0.3, -0.25) is 0 Å². The van der Waals surface area contributed by atoms with Crippen LogP contribution in [0.2, 0.25) is 0 Å². The quantitative estimate of drug-likeness (QED) is 0.887. The van der Waals surface area contributed by atoms with Gasteiger partial charge in [-0.15, -0.1) is 0 Å². The zero-order valence-electron chi connectivity index (χ0n) is 12.9. The van der Waals surface area contributed by atoms with Crippen LogP contribution in [0, 0.1) is 6.92 Å². The number of aromatic nitrogens is 1. The van der Waals surface area contributed by atoms with Gasteiger partial charge in [-0.2, -0.15) is 0 Å². The van der Waals surface area contributed by atoms with Crippen LogP contribution in [0.25, 0.3) is 0 Å². The Morgan fingerprint density at radius 2 is 2.15 bits per heavy atom. The molecule has 2 fully saturated rings. The van der Waals surface area contributed by atoms with Gasteiger partial charge in [-0.25, -0.2) is 4.98 Å². The van der Waals surface area contributed by atoms with Crippen molar-refractivity contribution < 1.29 is 0 Å². The third-order valence-electron chi connectivity index (χ3n) is 4.47. The highest BCUT2D eigenvalue weighted by Crippen LogP contribution is 2.24. The first kappa shape index (κ1) is 13.8. The van der Waals surface area contributed by atoms with Crippen LogP contribution in [0.15, 0.2) is 12.3 Å². The fourth-order valence-corrected chi connectivity index (χ4v) is 2.96. The lowest BCUT2D eigenvalue weighted by Gasteiger charge is -2.22. The summed E-state index contributed by atoms with van der Waals surface area (Å²) >= 11 is 0. The fraction of sp³-hybridized carbons (Fsp3) is 0.688. The summed E-state index contributed by atoms with van der Waals surface area (Å²) in [4.78, 5) is 9.47. The molecule has 110 valence electrons. The highest BCUT2D eigenvalue weighted by molar-refractivity contribution is 5.48. The van der Waals surface area contributed by atoms with Gasteiger partial charge in [0.1, 0.15) is 5.82 Å². The van der Waals surface area contributed by atoms with Gasteiger partial charge in [0, 0.05) is 37.9 Å². The van der Waals surface area contributed by atoms with Crippen molar-refractivity contribution in [3.63, 3.8) is 0 Å². The number of pyridine rings is 1. The first-order chi connectivity index (χ1) is 9.63. The summed E-state index contributed by atoms with van der Waals surface area (Å²) in [6.07, 6.45) is 5.95. The number of likely N-dealkylation sites (N-methyl/N-ethyl adjacent to an activating group) is 1. The van der Waals surface area contributed by atoms with E-state index in [1.54, 1.807) is 0 Å². The molecule has 0 radical (unpaired) electrons. The Labute approximate surface area is 122 Å². The monoisotopic (exact) mass is 274 g/mol. The van der Waals surface area contributed by atoms with E-state index in [0.717, 1.165) is 25.7 Å². The smallest absolute Gasteiger partial charge is 0.131 e. The summed E-state index contributed by atoms with van der Waals surface area (Å²) in [5.74, 6) is 1.17. The Balaban J connectivity index is 1.64. The molecular weight excluding hydrogens is 248 g/mol. The molecule has 1 aliphatic heterocycles. The second-order valence-electron chi connectivity index (χ2n) is 6.49. The number of nitrogens with zero attached hydrogens (tertiary/aromatic N) is 3. The molecule has 0 spiro atoms. The van der Waals surface area contributed by atoms with Crippen molar-refractivity contribution >= 4 is 5.82 Å². The van der Waals surface area contributed by atoms with Crippen LogP contribution in [0.1, 0.15) is 30.4 Å². The molecule has 1 aromatic heterocycles. The fourth-order valence-electron chi connectivity index (χ4n) is 2.96. The highest BCUT2D eigenvalue weighted by atomic mass is 15.3. The summed E-state index contributed by atoms with van der Waals surface area (Å²) in [5, 5.41) is 3.55. The van der Waals surface area contributed by atoms with Crippen LogP contribution < -0.4 is 10.2 Å². The van der Waals surface area contributed by atoms with Crippen LogP contribution >= 0.6 is 0 Å². The maximum absolute atomic E-state index is 4.72. The maximum atomic E-state index is 4.72. The zero-order chi connectivity index (χ0) is 14.1. The van der Waals surface area contributed by atoms with E-state index < -0.39 is 0 Å². The second kappa shape index (κ2) is 5.70. The molecule has 2 aliphatic rings. The zero-order valence-corrected chi connectivity index (χ0v) is 12.9. The van der Waals surface area contributed by atoms with Crippen LogP contribution in [0.3, 0.4) is 0 Å². The van der Waals surface area contributed by atoms with E-state index in [2.05, 4.69) is 42.2 Å². The molecule has 1 unspecified atom stereocenters. The lowest BCUT2D eigenvalue weighted by Crippen LogP contribution is -2.32. The van der Waals surface area contributed by atoms with Crippen molar-refractivity contribution in [1.82, 2.24) is 15.2 Å². The molecule has 0 bridgehead atoms. The number of aryl methyl sites for hydroxylation is 1. The normalized spacial score (nSPS) is 22.8. The summed E-state index contributed by atoms with van der Waals surface area (Å²) in [5.41, 5.74) is 2.61. The number of rotatable bonds is 5. The predicted molar refractivity (Wildman–Crippen MR) is 83.1 cm³/mol. The van der Waals surface area contributed by atoms with E-state index in [0.29, 0.717) is 6.04 Å². The van der Waals surface area contributed by atoms with E-state index in [9.17, 15) is 0 Å².